The van der Waals surface area contributed by atoms with Gasteiger partial charge in [0, 0.05) is 32.7 Å². The maximum Gasteiger partial charge on any atom is 0.216 e. The zero-order valence-corrected chi connectivity index (χ0v) is 18.7. The molecule has 0 bridgehead atoms. The Morgan fingerprint density at radius 3 is 2.50 bits per heavy atom. The van der Waals surface area contributed by atoms with Gasteiger partial charge in [-0.25, -0.2) is 13.1 Å². The zero-order chi connectivity index (χ0) is 20.7. The first-order valence-electron chi connectivity index (χ1n) is 10.2. The van der Waals surface area contributed by atoms with Gasteiger partial charge in [-0.2, -0.15) is 0 Å². The Hall–Kier alpha value is -1.60. The van der Waals surface area contributed by atoms with Crippen LogP contribution in [-0.4, -0.2) is 45.5 Å². The summed E-state index contributed by atoms with van der Waals surface area (Å²) in [7, 11) is -1.55. The van der Waals surface area contributed by atoms with Crippen LogP contribution in [-0.2, 0) is 22.3 Å². The number of sulfonamides is 1. The quantitative estimate of drug-likeness (QED) is 0.512. The third kappa shape index (κ3) is 7.09. The molecule has 7 heteroatoms. The fourth-order valence-corrected chi connectivity index (χ4v) is 5.36. The summed E-state index contributed by atoms with van der Waals surface area (Å²) >= 11 is 0. The van der Waals surface area contributed by atoms with Gasteiger partial charge in [-0.1, -0.05) is 38.1 Å². The summed E-state index contributed by atoms with van der Waals surface area (Å²) in [5, 5.41) is 3.43. The molecule has 0 aliphatic carbocycles. The molecule has 1 unspecified atom stereocenters. The van der Waals surface area contributed by atoms with Crippen LogP contribution in [0.1, 0.15) is 51.7 Å². The van der Waals surface area contributed by atoms with Crippen LogP contribution in [0.4, 0.5) is 0 Å². The van der Waals surface area contributed by atoms with E-state index in [1.165, 1.54) is 12.8 Å². The third-order valence-electron chi connectivity index (χ3n) is 4.92. The number of aliphatic imine (C=N–C) groups is 1. The van der Waals surface area contributed by atoms with Gasteiger partial charge in [-0.15, -0.1) is 0 Å². The van der Waals surface area contributed by atoms with Gasteiger partial charge in [-0.3, -0.25) is 4.99 Å². The van der Waals surface area contributed by atoms with E-state index in [4.69, 9.17) is 0 Å². The summed E-state index contributed by atoms with van der Waals surface area (Å²) in [6.45, 7) is 10.8. The van der Waals surface area contributed by atoms with E-state index in [0.717, 1.165) is 36.1 Å². The van der Waals surface area contributed by atoms with E-state index in [0.29, 0.717) is 12.5 Å². The maximum absolute atomic E-state index is 12.3. The van der Waals surface area contributed by atoms with Crippen LogP contribution in [0.15, 0.2) is 29.3 Å². The van der Waals surface area contributed by atoms with Crippen molar-refractivity contribution in [2.24, 2.45) is 16.8 Å². The van der Waals surface area contributed by atoms with E-state index in [9.17, 15) is 8.42 Å². The highest BCUT2D eigenvalue weighted by atomic mass is 32.2. The summed E-state index contributed by atoms with van der Waals surface area (Å²) < 4.78 is 27.3. The second kappa shape index (κ2) is 10.3. The van der Waals surface area contributed by atoms with Gasteiger partial charge in [0.05, 0.1) is 5.75 Å². The molecule has 1 aromatic rings. The molecule has 1 fully saturated rings. The van der Waals surface area contributed by atoms with Crippen molar-refractivity contribution < 1.29 is 8.42 Å². The molecular weight excluding hydrogens is 372 g/mol. The molecule has 1 heterocycles. The summed E-state index contributed by atoms with van der Waals surface area (Å²) in [5.41, 5.74) is 1.80. The van der Waals surface area contributed by atoms with Crippen molar-refractivity contribution in [1.82, 2.24) is 14.9 Å². The first-order chi connectivity index (χ1) is 13.2. The van der Waals surface area contributed by atoms with Crippen molar-refractivity contribution in [3.63, 3.8) is 0 Å². The van der Waals surface area contributed by atoms with Gasteiger partial charge >= 0.3 is 0 Å². The van der Waals surface area contributed by atoms with Crippen LogP contribution < -0.4 is 10.0 Å². The van der Waals surface area contributed by atoms with E-state index in [-0.39, 0.29) is 11.8 Å². The number of nitrogens with one attached hydrogen (secondary N) is 2. The SMILES string of the molecule is CN=C(NCc1ccccc1CS(=O)(=O)NC(C)C)N1CCC(CC(C)C)C1. The van der Waals surface area contributed by atoms with Crippen molar-refractivity contribution in [2.45, 2.75) is 58.9 Å². The maximum atomic E-state index is 12.3. The molecular formula is C21H36N4O2S. The van der Waals surface area contributed by atoms with Crippen molar-refractivity contribution >= 4 is 16.0 Å². The van der Waals surface area contributed by atoms with E-state index in [1.54, 1.807) is 7.05 Å². The van der Waals surface area contributed by atoms with Gasteiger partial charge in [0.25, 0.3) is 0 Å². The topological polar surface area (TPSA) is 73.8 Å². The average molecular weight is 409 g/mol. The molecule has 1 saturated heterocycles. The fraction of sp³-hybridized carbons (Fsp3) is 0.667. The Kier molecular flexibility index (Phi) is 8.31. The third-order valence-corrected chi connectivity index (χ3v) is 6.44. The molecule has 158 valence electrons. The molecule has 28 heavy (non-hydrogen) atoms. The van der Waals surface area contributed by atoms with Crippen molar-refractivity contribution in [1.29, 1.82) is 0 Å². The molecule has 2 rings (SSSR count). The molecule has 0 saturated carbocycles. The van der Waals surface area contributed by atoms with Gasteiger partial charge in [0.2, 0.25) is 10.0 Å². The Morgan fingerprint density at radius 1 is 1.21 bits per heavy atom. The van der Waals surface area contributed by atoms with Gasteiger partial charge in [0.15, 0.2) is 5.96 Å². The predicted octanol–water partition coefficient (Wildman–Crippen LogP) is 2.96. The van der Waals surface area contributed by atoms with Gasteiger partial charge < -0.3 is 10.2 Å². The number of hydrogen-bond donors (Lipinski definition) is 2. The van der Waals surface area contributed by atoms with Crippen LogP contribution in [0.25, 0.3) is 0 Å². The molecule has 1 aromatic carbocycles. The van der Waals surface area contributed by atoms with Crippen molar-refractivity contribution in [3.05, 3.63) is 35.4 Å². The van der Waals surface area contributed by atoms with E-state index < -0.39 is 10.0 Å². The standard InChI is InChI=1S/C21H36N4O2S/c1-16(2)12-18-10-11-25(14-18)21(22-5)23-13-19-8-6-7-9-20(19)15-28(26,27)24-17(3)4/h6-9,16-18,24H,10-15H2,1-5H3,(H,22,23). The Morgan fingerprint density at radius 2 is 1.89 bits per heavy atom. The molecule has 0 radical (unpaired) electrons. The lowest BCUT2D eigenvalue weighted by Gasteiger charge is -2.23. The largest absolute Gasteiger partial charge is 0.352 e. The second-order valence-corrected chi connectivity index (χ2v) is 10.2. The normalized spacial score (nSPS) is 18.3. The van der Waals surface area contributed by atoms with Crippen molar-refractivity contribution in [3.8, 4) is 0 Å². The monoisotopic (exact) mass is 408 g/mol. The number of benzene rings is 1. The minimum atomic E-state index is -3.35. The van der Waals surface area contributed by atoms with E-state index >= 15 is 0 Å². The zero-order valence-electron chi connectivity index (χ0n) is 17.9. The first kappa shape index (κ1) is 22.7. The average Bonchev–Trinajstić information content (AvgIpc) is 3.02. The fourth-order valence-electron chi connectivity index (χ4n) is 3.87. The second-order valence-electron chi connectivity index (χ2n) is 8.43. The van der Waals surface area contributed by atoms with Crippen LogP contribution in [0.3, 0.4) is 0 Å². The first-order valence-corrected chi connectivity index (χ1v) is 11.9. The summed E-state index contributed by atoms with van der Waals surface area (Å²) in [5.74, 6) is 2.32. The lowest BCUT2D eigenvalue weighted by atomic mass is 9.97. The summed E-state index contributed by atoms with van der Waals surface area (Å²) in [4.78, 5) is 6.76. The number of nitrogens with zero attached hydrogens (tertiary/aromatic N) is 2. The minimum Gasteiger partial charge on any atom is -0.352 e. The summed E-state index contributed by atoms with van der Waals surface area (Å²) in [6.07, 6.45) is 2.45. The van der Waals surface area contributed by atoms with E-state index in [1.807, 2.05) is 38.1 Å². The number of hydrogen-bond acceptors (Lipinski definition) is 3. The Labute approximate surface area is 170 Å². The van der Waals surface area contributed by atoms with E-state index in [2.05, 4.69) is 33.8 Å². The highest BCUT2D eigenvalue weighted by Gasteiger charge is 2.25. The van der Waals surface area contributed by atoms with Crippen LogP contribution in [0.2, 0.25) is 0 Å². The highest BCUT2D eigenvalue weighted by Crippen LogP contribution is 2.23. The number of guanidine groups is 1. The number of rotatable bonds is 8. The van der Waals surface area contributed by atoms with Gasteiger partial charge in [0.1, 0.15) is 0 Å². The molecule has 0 spiro atoms. The molecule has 1 atom stereocenters. The minimum absolute atomic E-state index is 0.0121. The molecule has 6 nitrogen and oxygen atoms in total. The highest BCUT2D eigenvalue weighted by molar-refractivity contribution is 7.88. The van der Waals surface area contributed by atoms with Crippen molar-refractivity contribution in [2.75, 3.05) is 20.1 Å². The Bertz CT molecular complexity index is 759. The number of likely N-dealkylation sites (tertiary alicyclic amines) is 1. The molecule has 0 aromatic heterocycles. The lowest BCUT2D eigenvalue weighted by Crippen LogP contribution is -2.40. The lowest BCUT2D eigenvalue weighted by molar-refractivity contribution is 0.403. The molecule has 2 N–H and O–H groups in total. The smallest absolute Gasteiger partial charge is 0.216 e. The van der Waals surface area contributed by atoms with Crippen LogP contribution in [0, 0.1) is 11.8 Å². The van der Waals surface area contributed by atoms with Gasteiger partial charge in [-0.05, 0) is 49.7 Å². The van der Waals surface area contributed by atoms with Crippen LogP contribution in [0.5, 0.6) is 0 Å². The molecule has 1 aliphatic heterocycles. The summed E-state index contributed by atoms with van der Waals surface area (Å²) in [6, 6.07) is 7.58. The van der Waals surface area contributed by atoms with Crippen LogP contribution >= 0.6 is 0 Å². The predicted molar refractivity (Wildman–Crippen MR) is 117 cm³/mol. The Balaban J connectivity index is 2.00. The molecule has 1 aliphatic rings. The molecule has 0 amide bonds.